The van der Waals surface area contributed by atoms with Crippen LogP contribution in [0.4, 0.5) is 0 Å². The van der Waals surface area contributed by atoms with Crippen LogP contribution in [0.25, 0.3) is 0 Å². The number of nitrogens with zero attached hydrogens (tertiary/aromatic N) is 2. The maximum Gasteiger partial charge on any atom is 0.328 e. The van der Waals surface area contributed by atoms with Crippen molar-refractivity contribution in [1.82, 2.24) is 9.80 Å². The Labute approximate surface area is 239 Å². The number of carboxylic acid groups (broad SMARTS) is 4. The van der Waals surface area contributed by atoms with Crippen LogP contribution in [-0.4, -0.2) is 80.3 Å². The van der Waals surface area contributed by atoms with Crippen LogP contribution in [-0.2, 0) is 45.1 Å². The molecule has 41 heavy (non-hydrogen) atoms. The summed E-state index contributed by atoms with van der Waals surface area (Å²) < 4.78 is 0. The van der Waals surface area contributed by atoms with Gasteiger partial charge >= 0.3 is 23.9 Å². The molecule has 0 atom stereocenters. The van der Waals surface area contributed by atoms with Crippen molar-refractivity contribution in [1.29, 1.82) is 0 Å². The predicted molar refractivity (Wildman–Crippen MR) is 154 cm³/mol. The lowest BCUT2D eigenvalue weighted by Crippen LogP contribution is -2.45. The van der Waals surface area contributed by atoms with E-state index in [2.05, 4.69) is 58.3 Å². The number of benzene rings is 2. The quantitative estimate of drug-likeness (QED) is 0.274. The number of fused-ring (bicyclic) bond motifs is 1. The summed E-state index contributed by atoms with van der Waals surface area (Å²) in [5.41, 5.74) is 6.17. The number of hydrogen-bond acceptors (Lipinski definition) is 6. The Morgan fingerprint density at radius 1 is 0.561 bits per heavy atom. The average molecular weight is 567 g/mol. The lowest BCUT2D eigenvalue weighted by atomic mass is 10.00. The van der Waals surface area contributed by atoms with Crippen LogP contribution in [0.3, 0.4) is 0 Å². The van der Waals surface area contributed by atoms with Gasteiger partial charge in [-0.3, -0.25) is 9.80 Å². The Morgan fingerprint density at radius 2 is 1.00 bits per heavy atom. The minimum atomic E-state index is -1.26. The third-order valence-electron chi connectivity index (χ3n) is 6.52. The lowest BCUT2D eigenvalue weighted by molar-refractivity contribution is -0.134. The van der Waals surface area contributed by atoms with Crippen molar-refractivity contribution in [3.8, 4) is 0 Å². The molecular weight excluding hydrogens is 528 g/mol. The van der Waals surface area contributed by atoms with Gasteiger partial charge < -0.3 is 20.4 Å². The van der Waals surface area contributed by atoms with Crippen LogP contribution in [0.15, 0.2) is 72.8 Å². The van der Waals surface area contributed by atoms with Crippen molar-refractivity contribution < 1.29 is 39.6 Å². The molecule has 0 spiro atoms. The molecule has 220 valence electrons. The molecule has 4 rings (SSSR count). The summed E-state index contributed by atoms with van der Waals surface area (Å²) in [6.45, 7) is 6.94. The van der Waals surface area contributed by atoms with Gasteiger partial charge in [-0.25, -0.2) is 19.2 Å². The maximum absolute atomic E-state index is 9.55. The SMILES string of the molecule is O=C(O)/C=C/C(=O)O.O=C(O)/C=C/C(=O)O.c1ccc(CN2CCN(Cc3ccc4c(c3)CCCCC4)CC2)cc1. The highest BCUT2D eigenvalue weighted by atomic mass is 16.4. The smallest absolute Gasteiger partial charge is 0.328 e. The minimum absolute atomic E-state index is 0.558. The van der Waals surface area contributed by atoms with Gasteiger partial charge in [0.1, 0.15) is 0 Å². The average Bonchev–Trinajstić information content (AvgIpc) is 3.18. The Morgan fingerprint density at radius 3 is 1.46 bits per heavy atom. The van der Waals surface area contributed by atoms with E-state index in [1.54, 1.807) is 11.1 Å². The largest absolute Gasteiger partial charge is 0.478 e. The molecule has 0 saturated carbocycles. The molecule has 0 amide bonds. The Balaban J connectivity index is 0.000000304. The van der Waals surface area contributed by atoms with Crippen molar-refractivity contribution in [3.05, 3.63) is 95.1 Å². The molecule has 0 radical (unpaired) electrons. The number of carbonyl (C=O) groups is 4. The highest BCUT2D eigenvalue weighted by Crippen LogP contribution is 2.22. The van der Waals surface area contributed by atoms with Gasteiger partial charge in [-0.15, -0.1) is 0 Å². The molecular formula is C31H38N2O8. The van der Waals surface area contributed by atoms with E-state index in [9.17, 15) is 19.2 Å². The van der Waals surface area contributed by atoms with Gasteiger partial charge in [0.25, 0.3) is 0 Å². The monoisotopic (exact) mass is 566 g/mol. The number of hydrogen-bond donors (Lipinski definition) is 4. The first kappa shape index (κ1) is 32.9. The summed E-state index contributed by atoms with van der Waals surface area (Å²) in [5.74, 6) is -5.03. The zero-order valence-corrected chi connectivity index (χ0v) is 23.0. The standard InChI is InChI=1S/C23H30N2.2C4H4O4/c1-3-7-20(8-4-1)18-24-13-15-25(16-14-24)19-21-11-12-22-9-5-2-6-10-23(22)17-21;2*5-3(6)1-2-4(7)8/h1,3-4,7-8,11-12,17H,2,5-6,9-10,13-16,18-19H2;2*1-2H,(H,5,6)(H,7,8)/b;2*2-1+. The van der Waals surface area contributed by atoms with E-state index in [-0.39, 0.29) is 0 Å². The van der Waals surface area contributed by atoms with Crippen molar-refractivity contribution in [3.63, 3.8) is 0 Å². The summed E-state index contributed by atoms with van der Waals surface area (Å²) in [5, 5.41) is 31.2. The van der Waals surface area contributed by atoms with E-state index in [1.807, 2.05) is 0 Å². The van der Waals surface area contributed by atoms with Gasteiger partial charge in [0, 0.05) is 63.6 Å². The molecule has 0 bridgehead atoms. The van der Waals surface area contributed by atoms with E-state index < -0.39 is 23.9 Å². The molecule has 10 nitrogen and oxygen atoms in total. The molecule has 10 heteroatoms. The Hall–Kier alpha value is -4.28. The van der Waals surface area contributed by atoms with E-state index >= 15 is 0 Å². The number of piperazine rings is 1. The zero-order valence-electron chi connectivity index (χ0n) is 23.0. The normalized spacial score (nSPS) is 15.5. The van der Waals surface area contributed by atoms with Crippen molar-refractivity contribution in [2.45, 2.75) is 45.2 Å². The predicted octanol–water partition coefficient (Wildman–Crippen LogP) is 3.70. The number of aryl methyl sites for hydroxylation is 2. The molecule has 2 aromatic carbocycles. The molecule has 0 unspecified atom stereocenters. The fraction of sp³-hybridized carbons (Fsp3) is 0.355. The molecule has 0 aromatic heterocycles. The van der Waals surface area contributed by atoms with Crippen LogP contribution in [0, 0.1) is 0 Å². The molecule has 2 aliphatic rings. The second-order valence-corrected chi connectivity index (χ2v) is 9.72. The van der Waals surface area contributed by atoms with E-state index in [0.717, 1.165) is 13.1 Å². The zero-order chi connectivity index (χ0) is 30.0. The second kappa shape index (κ2) is 18.1. The van der Waals surface area contributed by atoms with E-state index in [0.29, 0.717) is 24.3 Å². The first-order chi connectivity index (χ1) is 19.6. The summed E-state index contributed by atoms with van der Waals surface area (Å²) in [4.78, 5) is 43.4. The summed E-state index contributed by atoms with van der Waals surface area (Å²) >= 11 is 0. The summed E-state index contributed by atoms with van der Waals surface area (Å²) in [6, 6.07) is 18.1. The van der Waals surface area contributed by atoms with Gasteiger partial charge in [0.05, 0.1) is 0 Å². The topological polar surface area (TPSA) is 156 Å². The van der Waals surface area contributed by atoms with Gasteiger partial charge in [0.2, 0.25) is 0 Å². The first-order valence-electron chi connectivity index (χ1n) is 13.5. The van der Waals surface area contributed by atoms with Gasteiger partial charge in [0.15, 0.2) is 0 Å². The molecule has 1 saturated heterocycles. The van der Waals surface area contributed by atoms with Crippen LogP contribution in [0.5, 0.6) is 0 Å². The molecule has 4 N–H and O–H groups in total. The molecule has 1 heterocycles. The third-order valence-corrected chi connectivity index (χ3v) is 6.52. The van der Waals surface area contributed by atoms with Gasteiger partial charge in [-0.1, -0.05) is 55.0 Å². The van der Waals surface area contributed by atoms with Crippen molar-refractivity contribution >= 4 is 23.9 Å². The van der Waals surface area contributed by atoms with Crippen LogP contribution in [0.1, 0.15) is 41.5 Å². The van der Waals surface area contributed by atoms with E-state index in [4.69, 9.17) is 20.4 Å². The number of aliphatic carboxylic acids is 4. The van der Waals surface area contributed by atoms with Crippen molar-refractivity contribution in [2.75, 3.05) is 26.2 Å². The van der Waals surface area contributed by atoms with Crippen LogP contribution in [0.2, 0.25) is 0 Å². The Bertz CT molecular complexity index is 1140. The Kier molecular flexibility index (Phi) is 14.6. The molecule has 1 aliphatic heterocycles. The number of carboxylic acids is 4. The first-order valence-corrected chi connectivity index (χ1v) is 13.5. The molecule has 1 aliphatic carbocycles. The van der Waals surface area contributed by atoms with Crippen LogP contribution >= 0.6 is 0 Å². The van der Waals surface area contributed by atoms with E-state index in [1.165, 1.54) is 69.4 Å². The summed E-state index contributed by atoms with van der Waals surface area (Å²) in [6.07, 6.45) is 8.94. The second-order valence-electron chi connectivity index (χ2n) is 9.72. The molecule has 1 fully saturated rings. The van der Waals surface area contributed by atoms with Gasteiger partial charge in [-0.05, 0) is 47.9 Å². The van der Waals surface area contributed by atoms with Crippen molar-refractivity contribution in [2.24, 2.45) is 0 Å². The summed E-state index contributed by atoms with van der Waals surface area (Å²) in [7, 11) is 0. The fourth-order valence-electron chi connectivity index (χ4n) is 4.55. The highest BCUT2D eigenvalue weighted by molar-refractivity contribution is 5.90. The maximum atomic E-state index is 9.55. The molecule has 2 aromatic rings. The highest BCUT2D eigenvalue weighted by Gasteiger charge is 2.17. The minimum Gasteiger partial charge on any atom is -0.478 e. The third kappa shape index (κ3) is 14.6. The fourth-order valence-corrected chi connectivity index (χ4v) is 4.55. The number of rotatable bonds is 8. The lowest BCUT2D eigenvalue weighted by Gasteiger charge is -2.34. The van der Waals surface area contributed by atoms with Crippen LogP contribution < -0.4 is 0 Å². The van der Waals surface area contributed by atoms with Gasteiger partial charge in [-0.2, -0.15) is 0 Å².